The molecule has 2 heterocycles. The first-order valence-corrected chi connectivity index (χ1v) is 12.5. The number of nitrogens with zero attached hydrogens (tertiary/aromatic N) is 1. The van der Waals surface area contributed by atoms with E-state index in [0.29, 0.717) is 12.8 Å². The molecule has 2 N–H and O–H groups in total. The molecule has 2 saturated heterocycles. The predicted molar refractivity (Wildman–Crippen MR) is 131 cm³/mol. The molecular weight excluding hydrogens is 444 g/mol. The Morgan fingerprint density at radius 3 is 2.14 bits per heavy atom. The SMILES string of the molecule is CC(C)C(CC(=O)N1C2CCC1(C(=O)O)CC2)NC(=O)OCC1c2ccccc2-c2ccccc21. The van der Waals surface area contributed by atoms with E-state index in [-0.39, 0.29) is 36.8 Å². The average molecular weight is 477 g/mol. The summed E-state index contributed by atoms with van der Waals surface area (Å²) >= 11 is 0. The van der Waals surface area contributed by atoms with Crippen LogP contribution in [0.15, 0.2) is 48.5 Å². The second-order valence-corrected chi connectivity index (χ2v) is 10.4. The van der Waals surface area contributed by atoms with E-state index < -0.39 is 23.6 Å². The first kappa shape index (κ1) is 23.4. The molecule has 0 aromatic heterocycles. The number of alkyl carbamates (subject to hydrolysis) is 1. The van der Waals surface area contributed by atoms with Crippen molar-refractivity contribution in [2.75, 3.05) is 6.61 Å². The average Bonchev–Trinajstić information content (AvgIpc) is 3.51. The number of hydrogen-bond acceptors (Lipinski definition) is 4. The van der Waals surface area contributed by atoms with Crippen LogP contribution in [0.1, 0.15) is 63.0 Å². The largest absolute Gasteiger partial charge is 0.479 e. The van der Waals surface area contributed by atoms with Crippen molar-refractivity contribution >= 4 is 18.0 Å². The maximum atomic E-state index is 13.2. The number of hydrogen-bond donors (Lipinski definition) is 2. The lowest BCUT2D eigenvalue weighted by atomic mass is 9.88. The monoisotopic (exact) mass is 476 g/mol. The maximum absolute atomic E-state index is 13.2. The van der Waals surface area contributed by atoms with Crippen LogP contribution in [0.5, 0.6) is 0 Å². The summed E-state index contributed by atoms with van der Waals surface area (Å²) in [6, 6.07) is 15.9. The number of nitrogens with one attached hydrogen (secondary N) is 1. The molecule has 35 heavy (non-hydrogen) atoms. The minimum atomic E-state index is -1.08. The van der Waals surface area contributed by atoms with Crippen molar-refractivity contribution in [1.29, 1.82) is 0 Å². The van der Waals surface area contributed by atoms with Gasteiger partial charge in [-0.3, -0.25) is 4.79 Å². The van der Waals surface area contributed by atoms with Gasteiger partial charge in [0.15, 0.2) is 0 Å². The van der Waals surface area contributed by atoms with Crippen molar-refractivity contribution in [2.24, 2.45) is 5.92 Å². The molecule has 0 saturated carbocycles. The number of carboxylic acids is 1. The lowest BCUT2D eigenvalue weighted by Gasteiger charge is -2.33. The van der Waals surface area contributed by atoms with Crippen LogP contribution in [0.2, 0.25) is 0 Å². The van der Waals surface area contributed by atoms with Gasteiger partial charge < -0.3 is 20.1 Å². The van der Waals surface area contributed by atoms with Gasteiger partial charge >= 0.3 is 12.1 Å². The normalized spacial score (nSPS) is 23.2. The number of aliphatic carboxylic acids is 1. The van der Waals surface area contributed by atoms with Gasteiger partial charge in [0.2, 0.25) is 5.91 Å². The molecule has 2 aromatic rings. The summed E-state index contributed by atoms with van der Waals surface area (Å²) in [4.78, 5) is 39.6. The maximum Gasteiger partial charge on any atom is 0.407 e. The summed E-state index contributed by atoms with van der Waals surface area (Å²) in [5, 5.41) is 12.7. The molecule has 7 nitrogen and oxygen atoms in total. The van der Waals surface area contributed by atoms with Gasteiger partial charge in [-0.2, -0.15) is 0 Å². The van der Waals surface area contributed by atoms with Gasteiger partial charge in [-0.15, -0.1) is 0 Å². The molecular formula is C28H32N2O5. The quantitative estimate of drug-likeness (QED) is 0.611. The van der Waals surface area contributed by atoms with Gasteiger partial charge in [0.05, 0.1) is 0 Å². The summed E-state index contributed by atoms with van der Waals surface area (Å²) < 4.78 is 5.67. The first-order chi connectivity index (χ1) is 16.8. The lowest BCUT2D eigenvalue weighted by Crippen LogP contribution is -2.52. The Hall–Kier alpha value is -3.35. The second kappa shape index (κ2) is 9.02. The summed E-state index contributed by atoms with van der Waals surface area (Å²) in [5.74, 6) is -1.18. The molecule has 2 aromatic carbocycles. The van der Waals surface area contributed by atoms with Gasteiger partial charge in [-0.05, 0) is 53.9 Å². The summed E-state index contributed by atoms with van der Waals surface area (Å²) in [6.07, 6.45) is 1.97. The number of carboxylic acid groups (broad SMARTS) is 1. The fourth-order valence-corrected chi connectivity index (χ4v) is 6.22. The number of amides is 2. The third kappa shape index (κ3) is 3.97. The van der Waals surface area contributed by atoms with Crippen LogP contribution in [0.25, 0.3) is 11.1 Å². The van der Waals surface area contributed by atoms with Gasteiger partial charge in [0.25, 0.3) is 0 Å². The van der Waals surface area contributed by atoms with Crippen molar-refractivity contribution in [2.45, 2.75) is 69.5 Å². The van der Waals surface area contributed by atoms with Crippen LogP contribution in [0.3, 0.4) is 0 Å². The van der Waals surface area contributed by atoms with E-state index in [4.69, 9.17) is 4.74 Å². The smallest absolute Gasteiger partial charge is 0.407 e. The fourth-order valence-electron chi connectivity index (χ4n) is 6.22. The van der Waals surface area contributed by atoms with Gasteiger partial charge in [0.1, 0.15) is 12.1 Å². The van der Waals surface area contributed by atoms with Crippen LogP contribution >= 0.6 is 0 Å². The summed E-state index contributed by atoms with van der Waals surface area (Å²) in [6.45, 7) is 4.08. The molecule has 3 aliphatic rings. The molecule has 2 bridgehead atoms. The minimum Gasteiger partial charge on any atom is -0.479 e. The van der Waals surface area contributed by atoms with Crippen LogP contribution in [0, 0.1) is 5.92 Å². The highest BCUT2D eigenvalue weighted by molar-refractivity contribution is 5.89. The number of carbonyl (C=O) groups is 3. The molecule has 0 radical (unpaired) electrons. The highest BCUT2D eigenvalue weighted by Crippen LogP contribution is 2.47. The third-order valence-electron chi connectivity index (χ3n) is 8.12. The fraction of sp³-hybridized carbons (Fsp3) is 0.464. The van der Waals surface area contributed by atoms with E-state index in [0.717, 1.165) is 35.1 Å². The molecule has 2 fully saturated rings. The first-order valence-electron chi connectivity index (χ1n) is 12.5. The Morgan fingerprint density at radius 2 is 1.60 bits per heavy atom. The number of benzene rings is 2. The standard InChI is InChI=1S/C28H32N2O5/c1-17(2)24(15-25(31)30-18-11-13-28(30,14-12-18)26(32)33)29-27(34)35-16-23-21-9-5-3-7-19(21)20-8-4-6-10-22(20)23/h3-10,17-18,23-24H,11-16H2,1-2H3,(H,29,34)(H,32,33). The summed E-state index contributed by atoms with van der Waals surface area (Å²) in [5.41, 5.74) is 3.53. The van der Waals surface area contributed by atoms with Crippen LogP contribution in [0.4, 0.5) is 4.79 Å². The number of rotatable bonds is 7. The van der Waals surface area contributed by atoms with Gasteiger partial charge in [-0.25, -0.2) is 9.59 Å². The zero-order valence-corrected chi connectivity index (χ0v) is 20.2. The molecule has 0 spiro atoms. The van der Waals surface area contributed by atoms with Gasteiger partial charge in [-0.1, -0.05) is 62.4 Å². The van der Waals surface area contributed by atoms with E-state index in [9.17, 15) is 19.5 Å². The van der Waals surface area contributed by atoms with E-state index in [2.05, 4.69) is 29.6 Å². The lowest BCUT2D eigenvalue weighted by molar-refractivity contribution is -0.155. The Balaban J connectivity index is 1.24. The zero-order valence-electron chi connectivity index (χ0n) is 20.2. The summed E-state index contributed by atoms with van der Waals surface area (Å²) in [7, 11) is 0. The number of fused-ring (bicyclic) bond motifs is 5. The second-order valence-electron chi connectivity index (χ2n) is 10.4. The Bertz CT molecular complexity index is 1110. The van der Waals surface area contributed by atoms with E-state index in [1.165, 1.54) is 0 Å². The van der Waals surface area contributed by atoms with Crippen molar-refractivity contribution in [3.05, 3.63) is 59.7 Å². The molecule has 1 atom stereocenters. The van der Waals surface area contributed by atoms with E-state index >= 15 is 0 Å². The number of carbonyl (C=O) groups excluding carboxylic acids is 2. The minimum absolute atomic E-state index is 0.0131. The Morgan fingerprint density at radius 1 is 1.03 bits per heavy atom. The zero-order chi connectivity index (χ0) is 24.7. The van der Waals surface area contributed by atoms with Crippen LogP contribution in [-0.4, -0.2) is 52.2 Å². The predicted octanol–water partition coefficient (Wildman–Crippen LogP) is 4.55. The van der Waals surface area contributed by atoms with E-state index in [1.807, 2.05) is 38.1 Å². The van der Waals surface area contributed by atoms with E-state index in [1.54, 1.807) is 4.90 Å². The Labute approximate surface area is 205 Å². The molecule has 7 heteroatoms. The van der Waals surface area contributed by atoms with Crippen molar-refractivity contribution in [3.63, 3.8) is 0 Å². The Kier molecular flexibility index (Phi) is 6.03. The molecule has 2 aliphatic heterocycles. The van der Waals surface area contributed by atoms with Crippen molar-refractivity contribution in [1.82, 2.24) is 10.2 Å². The number of ether oxygens (including phenoxy) is 1. The molecule has 1 unspecified atom stereocenters. The van der Waals surface area contributed by atoms with Crippen LogP contribution in [-0.2, 0) is 14.3 Å². The topological polar surface area (TPSA) is 95.9 Å². The molecule has 5 rings (SSSR count). The van der Waals surface area contributed by atoms with Crippen molar-refractivity contribution < 1.29 is 24.2 Å². The highest BCUT2D eigenvalue weighted by atomic mass is 16.5. The third-order valence-corrected chi connectivity index (χ3v) is 8.12. The van der Waals surface area contributed by atoms with Crippen LogP contribution < -0.4 is 5.32 Å². The van der Waals surface area contributed by atoms with Crippen molar-refractivity contribution in [3.8, 4) is 11.1 Å². The highest BCUT2D eigenvalue weighted by Gasteiger charge is 2.58. The molecule has 2 amide bonds. The molecule has 1 aliphatic carbocycles. The molecule has 184 valence electrons. The van der Waals surface area contributed by atoms with Gasteiger partial charge in [0, 0.05) is 24.4 Å².